The first-order valence-corrected chi connectivity index (χ1v) is 5.28. The SMILES string of the molecule is Cc1ccncc1NC(=O)c1ccc(O)cc1F. The van der Waals surface area contributed by atoms with E-state index in [1.807, 2.05) is 6.92 Å². The summed E-state index contributed by atoms with van der Waals surface area (Å²) >= 11 is 0. The Morgan fingerprint density at radius 2 is 2.17 bits per heavy atom. The van der Waals surface area contributed by atoms with Gasteiger partial charge < -0.3 is 10.4 Å². The Hall–Kier alpha value is -2.43. The molecule has 0 saturated carbocycles. The molecule has 1 aromatic carbocycles. The van der Waals surface area contributed by atoms with Gasteiger partial charge in [0.15, 0.2) is 0 Å². The molecule has 0 saturated heterocycles. The first kappa shape index (κ1) is 12.0. The van der Waals surface area contributed by atoms with E-state index in [2.05, 4.69) is 10.3 Å². The van der Waals surface area contributed by atoms with E-state index in [0.29, 0.717) is 5.69 Å². The molecule has 1 amide bonds. The Kier molecular flexibility index (Phi) is 3.23. The Morgan fingerprint density at radius 1 is 1.39 bits per heavy atom. The van der Waals surface area contributed by atoms with Crippen molar-refractivity contribution in [3.8, 4) is 5.75 Å². The number of phenolic OH excluding ortho intramolecular Hbond substituents is 1. The lowest BCUT2D eigenvalue weighted by molar-refractivity contribution is 0.102. The third kappa shape index (κ3) is 2.45. The number of carbonyl (C=O) groups excluding carboxylic acids is 1. The van der Waals surface area contributed by atoms with E-state index in [-0.39, 0.29) is 11.3 Å². The van der Waals surface area contributed by atoms with Crippen LogP contribution >= 0.6 is 0 Å². The number of nitrogens with one attached hydrogen (secondary N) is 1. The number of aromatic nitrogens is 1. The molecule has 18 heavy (non-hydrogen) atoms. The van der Waals surface area contributed by atoms with E-state index in [1.54, 1.807) is 12.3 Å². The minimum Gasteiger partial charge on any atom is -0.508 e. The number of benzene rings is 1. The minimum atomic E-state index is -0.769. The Labute approximate surface area is 103 Å². The van der Waals surface area contributed by atoms with Gasteiger partial charge in [-0.05, 0) is 30.7 Å². The number of carbonyl (C=O) groups is 1. The zero-order valence-corrected chi connectivity index (χ0v) is 9.64. The topological polar surface area (TPSA) is 62.2 Å². The number of hydrogen-bond donors (Lipinski definition) is 2. The minimum absolute atomic E-state index is 0.129. The summed E-state index contributed by atoms with van der Waals surface area (Å²) in [6.07, 6.45) is 3.09. The summed E-state index contributed by atoms with van der Waals surface area (Å²) in [7, 11) is 0. The first-order valence-electron chi connectivity index (χ1n) is 5.28. The van der Waals surface area contributed by atoms with Crippen molar-refractivity contribution in [2.75, 3.05) is 5.32 Å². The van der Waals surface area contributed by atoms with Crippen molar-refractivity contribution in [1.82, 2.24) is 4.98 Å². The van der Waals surface area contributed by atoms with E-state index < -0.39 is 11.7 Å². The molecular weight excluding hydrogens is 235 g/mol. The van der Waals surface area contributed by atoms with Crippen LogP contribution in [0.2, 0.25) is 0 Å². The summed E-state index contributed by atoms with van der Waals surface area (Å²) < 4.78 is 13.5. The zero-order chi connectivity index (χ0) is 13.1. The van der Waals surface area contributed by atoms with Gasteiger partial charge in [0.1, 0.15) is 11.6 Å². The number of phenols is 1. The van der Waals surface area contributed by atoms with Gasteiger partial charge >= 0.3 is 0 Å². The van der Waals surface area contributed by atoms with Crippen LogP contribution < -0.4 is 5.32 Å². The molecule has 2 aromatic rings. The lowest BCUT2D eigenvalue weighted by atomic mass is 10.1. The standard InChI is InChI=1S/C13H11FN2O2/c1-8-4-5-15-7-12(8)16-13(18)10-3-2-9(17)6-11(10)14/h2-7,17H,1H3,(H,16,18). The molecule has 1 aromatic heterocycles. The highest BCUT2D eigenvalue weighted by molar-refractivity contribution is 6.04. The number of hydrogen-bond acceptors (Lipinski definition) is 3. The highest BCUT2D eigenvalue weighted by Crippen LogP contribution is 2.18. The fourth-order valence-electron chi connectivity index (χ4n) is 1.47. The summed E-state index contributed by atoms with van der Waals surface area (Å²) in [4.78, 5) is 15.7. The maximum absolute atomic E-state index is 13.5. The lowest BCUT2D eigenvalue weighted by Crippen LogP contribution is -2.14. The summed E-state index contributed by atoms with van der Waals surface area (Å²) in [6, 6.07) is 5.12. The Morgan fingerprint density at radius 3 is 2.83 bits per heavy atom. The number of pyridine rings is 1. The number of halogens is 1. The molecular formula is C13H11FN2O2. The summed E-state index contributed by atoms with van der Waals surface area (Å²) in [6.45, 7) is 1.81. The molecule has 92 valence electrons. The summed E-state index contributed by atoms with van der Waals surface area (Å²) in [5.74, 6) is -1.57. The molecule has 0 spiro atoms. The number of nitrogens with zero attached hydrogens (tertiary/aromatic N) is 1. The number of aromatic hydroxyl groups is 1. The van der Waals surface area contributed by atoms with Crippen LogP contribution in [0, 0.1) is 12.7 Å². The smallest absolute Gasteiger partial charge is 0.258 e. The Bertz CT molecular complexity index is 599. The lowest BCUT2D eigenvalue weighted by Gasteiger charge is -2.08. The largest absolute Gasteiger partial charge is 0.508 e. The van der Waals surface area contributed by atoms with Gasteiger partial charge in [0.2, 0.25) is 0 Å². The second kappa shape index (κ2) is 4.83. The zero-order valence-electron chi connectivity index (χ0n) is 9.64. The predicted octanol–water partition coefficient (Wildman–Crippen LogP) is 2.49. The van der Waals surface area contributed by atoms with Gasteiger partial charge in [-0.15, -0.1) is 0 Å². The van der Waals surface area contributed by atoms with Crippen LogP contribution in [0.1, 0.15) is 15.9 Å². The highest BCUT2D eigenvalue weighted by Gasteiger charge is 2.13. The monoisotopic (exact) mass is 246 g/mol. The number of rotatable bonds is 2. The third-order valence-corrected chi connectivity index (χ3v) is 2.48. The van der Waals surface area contributed by atoms with Crippen LogP contribution in [-0.2, 0) is 0 Å². The van der Waals surface area contributed by atoms with Crippen molar-refractivity contribution in [3.63, 3.8) is 0 Å². The molecule has 4 nitrogen and oxygen atoms in total. The first-order chi connectivity index (χ1) is 8.58. The van der Waals surface area contributed by atoms with Crippen molar-refractivity contribution in [1.29, 1.82) is 0 Å². The molecule has 5 heteroatoms. The fourth-order valence-corrected chi connectivity index (χ4v) is 1.47. The van der Waals surface area contributed by atoms with Gasteiger partial charge in [-0.1, -0.05) is 0 Å². The highest BCUT2D eigenvalue weighted by atomic mass is 19.1. The molecule has 0 unspecified atom stereocenters. The van der Waals surface area contributed by atoms with Gasteiger partial charge in [0, 0.05) is 12.3 Å². The molecule has 0 atom stereocenters. The predicted molar refractivity (Wildman–Crippen MR) is 65.0 cm³/mol. The summed E-state index contributed by atoms with van der Waals surface area (Å²) in [5, 5.41) is 11.6. The second-order valence-corrected chi connectivity index (χ2v) is 3.81. The molecule has 2 N–H and O–H groups in total. The maximum Gasteiger partial charge on any atom is 0.258 e. The van der Waals surface area contributed by atoms with Gasteiger partial charge in [-0.2, -0.15) is 0 Å². The second-order valence-electron chi connectivity index (χ2n) is 3.81. The molecule has 0 aliphatic heterocycles. The van der Waals surface area contributed by atoms with Gasteiger partial charge in [0.05, 0.1) is 17.4 Å². The molecule has 0 fully saturated rings. The molecule has 0 aliphatic rings. The number of anilines is 1. The van der Waals surface area contributed by atoms with Crippen LogP contribution in [0.3, 0.4) is 0 Å². The van der Waals surface area contributed by atoms with Crippen molar-refractivity contribution in [2.24, 2.45) is 0 Å². The normalized spacial score (nSPS) is 10.1. The maximum atomic E-state index is 13.5. The number of aryl methyl sites for hydroxylation is 1. The molecule has 0 radical (unpaired) electrons. The number of amides is 1. The molecule has 2 rings (SSSR count). The van der Waals surface area contributed by atoms with Crippen molar-refractivity contribution < 1.29 is 14.3 Å². The van der Waals surface area contributed by atoms with Crippen LogP contribution in [0.25, 0.3) is 0 Å². The van der Waals surface area contributed by atoms with Crippen LogP contribution in [-0.4, -0.2) is 16.0 Å². The molecule has 1 heterocycles. The summed E-state index contributed by atoms with van der Waals surface area (Å²) in [5.41, 5.74) is 1.23. The van der Waals surface area contributed by atoms with Gasteiger partial charge in [-0.3, -0.25) is 9.78 Å². The quantitative estimate of drug-likeness (QED) is 0.855. The van der Waals surface area contributed by atoms with Gasteiger partial charge in [-0.25, -0.2) is 4.39 Å². The Balaban J connectivity index is 2.25. The van der Waals surface area contributed by atoms with Crippen LogP contribution in [0.4, 0.5) is 10.1 Å². The average molecular weight is 246 g/mol. The van der Waals surface area contributed by atoms with Gasteiger partial charge in [0.25, 0.3) is 5.91 Å². The van der Waals surface area contributed by atoms with E-state index in [4.69, 9.17) is 5.11 Å². The van der Waals surface area contributed by atoms with Crippen molar-refractivity contribution in [2.45, 2.75) is 6.92 Å². The van der Waals surface area contributed by atoms with Crippen LogP contribution in [0.15, 0.2) is 36.7 Å². The van der Waals surface area contributed by atoms with Crippen molar-refractivity contribution >= 4 is 11.6 Å². The van der Waals surface area contributed by atoms with E-state index in [1.165, 1.54) is 18.3 Å². The molecule has 0 aliphatic carbocycles. The van der Waals surface area contributed by atoms with Crippen LogP contribution in [0.5, 0.6) is 5.75 Å². The average Bonchev–Trinajstić information content (AvgIpc) is 2.32. The fraction of sp³-hybridized carbons (Fsp3) is 0.0769. The third-order valence-electron chi connectivity index (χ3n) is 2.48. The van der Waals surface area contributed by atoms with Crippen molar-refractivity contribution in [3.05, 3.63) is 53.6 Å². The van der Waals surface area contributed by atoms with E-state index >= 15 is 0 Å². The van der Waals surface area contributed by atoms with E-state index in [0.717, 1.165) is 11.6 Å². The molecule has 0 bridgehead atoms. The van der Waals surface area contributed by atoms with E-state index in [9.17, 15) is 9.18 Å².